The van der Waals surface area contributed by atoms with Gasteiger partial charge in [0.2, 0.25) is 5.88 Å². The highest BCUT2D eigenvalue weighted by Crippen LogP contribution is 2.36. The Bertz CT molecular complexity index is 1050. The molecule has 6 heteroatoms. The number of aromatic nitrogens is 3. The first kappa shape index (κ1) is 19.0. The van der Waals surface area contributed by atoms with Crippen molar-refractivity contribution in [1.82, 2.24) is 14.8 Å². The van der Waals surface area contributed by atoms with Crippen molar-refractivity contribution in [2.75, 3.05) is 5.32 Å². The van der Waals surface area contributed by atoms with Crippen LogP contribution in [0.25, 0.3) is 0 Å². The highest BCUT2D eigenvalue weighted by Gasteiger charge is 2.24. The molecule has 3 aromatic rings. The van der Waals surface area contributed by atoms with Crippen LogP contribution in [0.5, 0.6) is 11.6 Å². The second kappa shape index (κ2) is 7.59. The molecule has 0 aliphatic heterocycles. The molecule has 1 aliphatic carbocycles. The van der Waals surface area contributed by atoms with E-state index in [0.29, 0.717) is 29.0 Å². The molecule has 0 spiro atoms. The molecule has 4 rings (SSSR count). The number of pyridine rings is 1. The van der Waals surface area contributed by atoms with Gasteiger partial charge in [-0.25, -0.2) is 4.98 Å². The van der Waals surface area contributed by atoms with Crippen molar-refractivity contribution >= 4 is 11.5 Å². The molecule has 1 fully saturated rings. The Hall–Kier alpha value is -3.33. The van der Waals surface area contributed by atoms with Crippen LogP contribution in [0.4, 0.5) is 11.5 Å². The molecule has 1 aromatic carbocycles. The minimum Gasteiger partial charge on any atom is -0.437 e. The number of rotatable bonds is 6. The first-order valence-electron chi connectivity index (χ1n) is 9.91. The van der Waals surface area contributed by atoms with Gasteiger partial charge < -0.3 is 10.1 Å². The van der Waals surface area contributed by atoms with Crippen molar-refractivity contribution in [3.8, 4) is 17.7 Å². The van der Waals surface area contributed by atoms with E-state index < -0.39 is 0 Å². The number of nitrogens with zero attached hydrogens (tertiary/aromatic N) is 4. The van der Waals surface area contributed by atoms with E-state index >= 15 is 0 Å². The molecule has 0 unspecified atom stereocenters. The molecule has 0 bridgehead atoms. The van der Waals surface area contributed by atoms with Crippen molar-refractivity contribution in [3.05, 3.63) is 59.9 Å². The lowest BCUT2D eigenvalue weighted by atomic mass is 9.86. The molecule has 0 amide bonds. The van der Waals surface area contributed by atoms with Crippen LogP contribution in [0.1, 0.15) is 44.9 Å². The number of para-hydroxylation sites is 1. The maximum atomic E-state index is 9.41. The van der Waals surface area contributed by atoms with E-state index in [2.05, 4.69) is 48.3 Å². The molecule has 2 heterocycles. The molecule has 6 nitrogen and oxygen atoms in total. The molecule has 1 aliphatic rings. The average molecular weight is 387 g/mol. The highest BCUT2D eigenvalue weighted by atomic mass is 16.5. The quantitative estimate of drug-likeness (QED) is 0.613. The zero-order chi connectivity index (χ0) is 20.4. The first-order valence-corrected chi connectivity index (χ1v) is 9.91. The summed E-state index contributed by atoms with van der Waals surface area (Å²) in [5.74, 6) is 2.50. The van der Waals surface area contributed by atoms with E-state index in [-0.39, 0.29) is 5.41 Å². The summed E-state index contributed by atoms with van der Waals surface area (Å²) >= 11 is 0. The number of anilines is 2. The molecule has 148 valence electrons. The number of nitriles is 1. The van der Waals surface area contributed by atoms with Crippen molar-refractivity contribution in [3.63, 3.8) is 0 Å². The van der Waals surface area contributed by atoms with Gasteiger partial charge in [0.15, 0.2) is 5.82 Å². The summed E-state index contributed by atoms with van der Waals surface area (Å²) < 4.78 is 7.99. The van der Waals surface area contributed by atoms with Gasteiger partial charge in [0, 0.05) is 24.4 Å². The molecule has 0 saturated heterocycles. The van der Waals surface area contributed by atoms with E-state index in [9.17, 15) is 5.26 Å². The zero-order valence-corrected chi connectivity index (χ0v) is 17.0. The monoisotopic (exact) mass is 387 g/mol. The number of nitrogens with one attached hydrogen (secondary N) is 1. The topological polar surface area (TPSA) is 75.8 Å². The molecule has 2 aromatic heterocycles. The Balaban J connectivity index is 1.60. The minimum atomic E-state index is -0.0533. The SMILES string of the molecule is CC(C)(C)c1ccccc1Oc1ncccc1Nc1cc(C#N)n(CC2CC2)n1. The van der Waals surface area contributed by atoms with Crippen LogP contribution in [-0.2, 0) is 12.0 Å². The van der Waals surface area contributed by atoms with Crippen LogP contribution in [0.3, 0.4) is 0 Å². The maximum Gasteiger partial charge on any atom is 0.243 e. The Morgan fingerprint density at radius 1 is 1.21 bits per heavy atom. The van der Waals surface area contributed by atoms with E-state index in [1.807, 2.05) is 30.3 Å². The number of hydrogen-bond donors (Lipinski definition) is 1. The molecule has 0 radical (unpaired) electrons. The van der Waals surface area contributed by atoms with Crippen molar-refractivity contribution in [2.24, 2.45) is 5.92 Å². The molecular formula is C23H25N5O. The lowest BCUT2D eigenvalue weighted by Crippen LogP contribution is -2.12. The maximum absolute atomic E-state index is 9.41. The third kappa shape index (κ3) is 4.40. The Morgan fingerprint density at radius 3 is 2.72 bits per heavy atom. The normalized spacial score (nSPS) is 13.7. The summed E-state index contributed by atoms with van der Waals surface area (Å²) in [7, 11) is 0. The van der Waals surface area contributed by atoms with Crippen LogP contribution in [0, 0.1) is 17.2 Å². The van der Waals surface area contributed by atoms with Crippen LogP contribution in [0.2, 0.25) is 0 Å². The number of ether oxygens (including phenoxy) is 1. The van der Waals surface area contributed by atoms with Crippen molar-refractivity contribution in [2.45, 2.75) is 45.6 Å². The fraction of sp³-hybridized carbons (Fsp3) is 0.348. The van der Waals surface area contributed by atoms with Crippen LogP contribution in [-0.4, -0.2) is 14.8 Å². The third-order valence-corrected chi connectivity index (χ3v) is 4.96. The minimum absolute atomic E-state index is 0.0533. The summed E-state index contributed by atoms with van der Waals surface area (Å²) in [5, 5.41) is 17.2. The smallest absolute Gasteiger partial charge is 0.243 e. The molecule has 0 atom stereocenters. The van der Waals surface area contributed by atoms with Gasteiger partial charge in [-0.3, -0.25) is 4.68 Å². The fourth-order valence-electron chi connectivity index (χ4n) is 3.24. The van der Waals surface area contributed by atoms with Gasteiger partial charge >= 0.3 is 0 Å². The van der Waals surface area contributed by atoms with Gasteiger partial charge in [0.1, 0.15) is 23.2 Å². The Kier molecular flexibility index (Phi) is 4.98. The van der Waals surface area contributed by atoms with Gasteiger partial charge in [0.25, 0.3) is 0 Å². The molecular weight excluding hydrogens is 362 g/mol. The van der Waals surface area contributed by atoms with Crippen molar-refractivity contribution < 1.29 is 4.74 Å². The van der Waals surface area contributed by atoms with Crippen LogP contribution in [0.15, 0.2) is 48.7 Å². The van der Waals surface area contributed by atoms with Gasteiger partial charge in [-0.15, -0.1) is 0 Å². The average Bonchev–Trinajstić information content (AvgIpc) is 3.42. The summed E-state index contributed by atoms with van der Waals surface area (Å²) in [4.78, 5) is 4.42. The molecule has 29 heavy (non-hydrogen) atoms. The largest absolute Gasteiger partial charge is 0.437 e. The summed E-state index contributed by atoms with van der Waals surface area (Å²) in [6.45, 7) is 7.26. The van der Waals surface area contributed by atoms with Gasteiger partial charge in [-0.2, -0.15) is 10.4 Å². The Morgan fingerprint density at radius 2 is 2.00 bits per heavy atom. The van der Waals surface area contributed by atoms with Gasteiger partial charge in [-0.05, 0) is 42.4 Å². The zero-order valence-electron chi connectivity index (χ0n) is 17.0. The Labute approximate surface area is 171 Å². The molecule has 1 N–H and O–H groups in total. The third-order valence-electron chi connectivity index (χ3n) is 4.96. The second-order valence-electron chi connectivity index (χ2n) is 8.48. The van der Waals surface area contributed by atoms with E-state index in [0.717, 1.165) is 17.9 Å². The van der Waals surface area contributed by atoms with Gasteiger partial charge in [-0.1, -0.05) is 39.0 Å². The lowest BCUT2D eigenvalue weighted by molar-refractivity contribution is 0.442. The first-order chi connectivity index (χ1) is 13.9. The van der Waals surface area contributed by atoms with Crippen LogP contribution < -0.4 is 10.1 Å². The lowest BCUT2D eigenvalue weighted by Gasteiger charge is -2.22. The predicted octanol–water partition coefficient (Wildman–Crippen LogP) is 5.39. The highest BCUT2D eigenvalue weighted by molar-refractivity contribution is 5.63. The van der Waals surface area contributed by atoms with Crippen LogP contribution >= 0.6 is 0 Å². The standard InChI is InChI=1S/C23H25N5O/c1-23(2,3)18-7-4-5-9-20(18)29-22-19(8-6-12-25-22)26-21-13-17(14-24)28(27-21)15-16-10-11-16/h4-9,12-13,16H,10-11,15H2,1-3H3,(H,26,27). The van der Waals surface area contributed by atoms with E-state index in [1.165, 1.54) is 12.8 Å². The predicted molar refractivity (Wildman–Crippen MR) is 112 cm³/mol. The summed E-state index contributed by atoms with van der Waals surface area (Å²) in [6.07, 6.45) is 4.12. The number of benzene rings is 1. The van der Waals surface area contributed by atoms with E-state index in [4.69, 9.17) is 4.74 Å². The summed E-state index contributed by atoms with van der Waals surface area (Å²) in [5.41, 5.74) is 2.32. The van der Waals surface area contributed by atoms with E-state index in [1.54, 1.807) is 16.9 Å². The van der Waals surface area contributed by atoms with Crippen molar-refractivity contribution in [1.29, 1.82) is 5.26 Å². The fourth-order valence-corrected chi connectivity index (χ4v) is 3.24. The number of hydrogen-bond acceptors (Lipinski definition) is 5. The summed E-state index contributed by atoms with van der Waals surface area (Å²) in [6, 6.07) is 15.7. The van der Waals surface area contributed by atoms with Gasteiger partial charge in [0.05, 0.1) is 0 Å². The second-order valence-corrected chi connectivity index (χ2v) is 8.48. The molecule has 1 saturated carbocycles.